The molecule has 2 amide bonds. The van der Waals surface area contributed by atoms with E-state index in [9.17, 15) is 4.79 Å². The average Bonchev–Trinajstić information content (AvgIpc) is 3.04. The lowest BCUT2D eigenvalue weighted by atomic mass is 10.1. The van der Waals surface area contributed by atoms with E-state index < -0.39 is 0 Å². The fourth-order valence-electron chi connectivity index (χ4n) is 2.70. The third-order valence-corrected chi connectivity index (χ3v) is 4.16. The maximum Gasteiger partial charge on any atom is 0.319 e. The normalized spacial score (nSPS) is 10.5. The van der Waals surface area contributed by atoms with E-state index >= 15 is 0 Å². The first-order valence-electron chi connectivity index (χ1n) is 8.31. The molecular weight excluding hydrogens is 312 g/mol. The molecule has 5 nitrogen and oxygen atoms in total. The summed E-state index contributed by atoms with van der Waals surface area (Å²) in [6, 6.07) is 17.9. The lowest BCUT2D eigenvalue weighted by molar-refractivity contribution is 0.252. The minimum absolute atomic E-state index is 0.180. The van der Waals surface area contributed by atoms with Crippen molar-refractivity contribution in [2.45, 2.75) is 13.3 Å². The Bertz CT molecular complexity index is 852. The summed E-state index contributed by atoms with van der Waals surface area (Å²) in [6.45, 7) is 2.56. The maximum absolute atomic E-state index is 12.0. The zero-order valence-corrected chi connectivity index (χ0v) is 14.5. The van der Waals surface area contributed by atoms with E-state index in [0.717, 1.165) is 28.9 Å². The predicted molar refractivity (Wildman–Crippen MR) is 101 cm³/mol. The molecule has 0 aliphatic rings. The van der Waals surface area contributed by atoms with Crippen LogP contribution in [0.3, 0.4) is 0 Å². The number of hydrogen-bond donors (Lipinski definition) is 2. The fraction of sp³-hybridized carbons (Fsp3) is 0.200. The van der Waals surface area contributed by atoms with Gasteiger partial charge in [0.25, 0.3) is 0 Å². The van der Waals surface area contributed by atoms with Crippen LogP contribution in [-0.2, 0) is 13.5 Å². The molecule has 25 heavy (non-hydrogen) atoms. The minimum Gasteiger partial charge on any atom is -0.338 e. The van der Waals surface area contributed by atoms with Crippen molar-refractivity contribution in [1.29, 1.82) is 0 Å². The molecule has 0 atom stereocenters. The van der Waals surface area contributed by atoms with Crippen LogP contribution in [0, 0.1) is 6.92 Å². The molecule has 0 radical (unpaired) electrons. The van der Waals surface area contributed by atoms with Gasteiger partial charge in [-0.05, 0) is 42.2 Å². The van der Waals surface area contributed by atoms with E-state index in [-0.39, 0.29) is 6.03 Å². The van der Waals surface area contributed by atoms with Crippen molar-refractivity contribution in [1.82, 2.24) is 15.1 Å². The highest BCUT2D eigenvalue weighted by Gasteiger charge is 2.04. The highest BCUT2D eigenvalue weighted by atomic mass is 16.2. The van der Waals surface area contributed by atoms with Crippen molar-refractivity contribution in [2.24, 2.45) is 7.05 Å². The molecule has 0 aliphatic heterocycles. The number of anilines is 1. The third-order valence-electron chi connectivity index (χ3n) is 4.16. The summed E-state index contributed by atoms with van der Waals surface area (Å²) in [5, 5.41) is 9.95. The van der Waals surface area contributed by atoms with Gasteiger partial charge < -0.3 is 10.6 Å². The first-order valence-corrected chi connectivity index (χ1v) is 8.31. The Labute approximate surface area is 147 Å². The Hall–Kier alpha value is -3.08. The summed E-state index contributed by atoms with van der Waals surface area (Å²) in [7, 11) is 1.93. The Morgan fingerprint density at radius 1 is 1.08 bits per heavy atom. The van der Waals surface area contributed by atoms with Crippen molar-refractivity contribution < 1.29 is 4.79 Å². The monoisotopic (exact) mass is 334 g/mol. The molecule has 0 spiro atoms. The molecule has 3 rings (SSSR count). The third kappa shape index (κ3) is 4.26. The first kappa shape index (κ1) is 16.8. The number of amides is 2. The number of carbonyl (C=O) groups is 1. The lowest BCUT2D eigenvalue weighted by Crippen LogP contribution is -2.30. The number of nitrogens with zero attached hydrogens (tertiary/aromatic N) is 2. The number of hydrogen-bond acceptors (Lipinski definition) is 2. The van der Waals surface area contributed by atoms with Gasteiger partial charge in [0, 0.05) is 25.5 Å². The fourth-order valence-corrected chi connectivity index (χ4v) is 2.70. The average molecular weight is 334 g/mol. The Morgan fingerprint density at radius 2 is 1.84 bits per heavy atom. The largest absolute Gasteiger partial charge is 0.338 e. The van der Waals surface area contributed by atoms with Crippen LogP contribution in [0.4, 0.5) is 10.5 Å². The lowest BCUT2D eigenvalue weighted by Gasteiger charge is -2.10. The summed E-state index contributed by atoms with van der Waals surface area (Å²) >= 11 is 0. The zero-order chi connectivity index (χ0) is 17.6. The van der Waals surface area contributed by atoms with Gasteiger partial charge in [0.1, 0.15) is 0 Å². The Kier molecular flexibility index (Phi) is 5.14. The van der Waals surface area contributed by atoms with E-state index in [2.05, 4.69) is 40.0 Å². The van der Waals surface area contributed by atoms with E-state index in [1.54, 1.807) is 6.20 Å². The van der Waals surface area contributed by atoms with E-state index in [0.29, 0.717) is 6.54 Å². The van der Waals surface area contributed by atoms with Crippen molar-refractivity contribution in [3.63, 3.8) is 0 Å². The topological polar surface area (TPSA) is 59.0 Å². The summed E-state index contributed by atoms with van der Waals surface area (Å²) in [6.07, 6.45) is 2.58. The van der Waals surface area contributed by atoms with Crippen LogP contribution >= 0.6 is 0 Å². The summed E-state index contributed by atoms with van der Waals surface area (Å²) in [4.78, 5) is 12.0. The number of urea groups is 1. The van der Waals surface area contributed by atoms with Crippen LogP contribution in [0.1, 0.15) is 11.1 Å². The number of rotatable bonds is 5. The molecule has 0 bridgehead atoms. The van der Waals surface area contributed by atoms with Gasteiger partial charge in [0.2, 0.25) is 0 Å². The molecule has 5 heteroatoms. The molecule has 0 aliphatic carbocycles. The van der Waals surface area contributed by atoms with Gasteiger partial charge in [-0.1, -0.05) is 42.5 Å². The Morgan fingerprint density at radius 3 is 2.52 bits per heavy atom. The van der Waals surface area contributed by atoms with Gasteiger partial charge in [0.15, 0.2) is 0 Å². The van der Waals surface area contributed by atoms with Crippen molar-refractivity contribution >= 4 is 11.7 Å². The van der Waals surface area contributed by atoms with E-state index in [1.807, 2.05) is 49.0 Å². The molecule has 2 aromatic carbocycles. The van der Waals surface area contributed by atoms with Crippen molar-refractivity contribution in [3.8, 4) is 11.3 Å². The number of nitrogens with one attached hydrogen (secondary N) is 2. The molecule has 3 aromatic rings. The molecule has 0 unspecified atom stereocenters. The quantitative estimate of drug-likeness (QED) is 0.746. The second kappa shape index (κ2) is 7.66. The first-order chi connectivity index (χ1) is 12.1. The molecule has 0 fully saturated rings. The molecular formula is C20H22N4O. The van der Waals surface area contributed by atoms with Gasteiger partial charge in [-0.3, -0.25) is 4.68 Å². The number of aromatic nitrogens is 2. The molecule has 1 aromatic heterocycles. The highest BCUT2D eigenvalue weighted by molar-refractivity contribution is 5.89. The molecule has 0 saturated heterocycles. The number of carbonyl (C=O) groups excluding carboxylic acids is 1. The van der Waals surface area contributed by atoms with Crippen LogP contribution in [-0.4, -0.2) is 22.4 Å². The number of benzene rings is 2. The smallest absolute Gasteiger partial charge is 0.319 e. The van der Waals surface area contributed by atoms with Crippen molar-refractivity contribution in [2.75, 3.05) is 11.9 Å². The van der Waals surface area contributed by atoms with E-state index in [1.165, 1.54) is 5.56 Å². The number of para-hydroxylation sites is 1. The van der Waals surface area contributed by atoms with Gasteiger partial charge in [0.05, 0.1) is 5.69 Å². The molecule has 0 saturated carbocycles. The Balaban J connectivity index is 1.50. The number of aryl methyl sites for hydroxylation is 2. The predicted octanol–water partition coefficient (Wildman–Crippen LogP) is 3.76. The van der Waals surface area contributed by atoms with Crippen LogP contribution in [0.2, 0.25) is 0 Å². The second-order valence-electron chi connectivity index (χ2n) is 5.98. The molecule has 128 valence electrons. The van der Waals surface area contributed by atoms with Crippen LogP contribution < -0.4 is 10.6 Å². The highest BCUT2D eigenvalue weighted by Crippen LogP contribution is 2.18. The SMILES string of the molecule is Cc1ccccc1NC(=O)NCCc1ccc(-c2ccnn2C)cc1. The second-order valence-corrected chi connectivity index (χ2v) is 5.98. The summed E-state index contributed by atoms with van der Waals surface area (Å²) < 4.78 is 1.85. The van der Waals surface area contributed by atoms with Gasteiger partial charge in [-0.15, -0.1) is 0 Å². The van der Waals surface area contributed by atoms with Gasteiger partial charge in [-0.25, -0.2) is 4.79 Å². The zero-order valence-electron chi connectivity index (χ0n) is 14.5. The summed E-state index contributed by atoms with van der Waals surface area (Å²) in [5.41, 5.74) is 5.28. The molecule has 1 heterocycles. The van der Waals surface area contributed by atoms with Gasteiger partial charge in [-0.2, -0.15) is 5.10 Å². The molecule has 2 N–H and O–H groups in total. The van der Waals surface area contributed by atoms with Gasteiger partial charge >= 0.3 is 6.03 Å². The van der Waals surface area contributed by atoms with Crippen molar-refractivity contribution in [3.05, 3.63) is 71.9 Å². The standard InChI is InChI=1S/C20H22N4O/c1-15-5-3-4-6-18(15)23-20(25)21-13-11-16-7-9-17(10-8-16)19-12-14-22-24(19)2/h3-10,12,14H,11,13H2,1-2H3,(H2,21,23,25). The maximum atomic E-state index is 12.0. The van der Waals surface area contributed by atoms with Crippen LogP contribution in [0.15, 0.2) is 60.8 Å². The van der Waals surface area contributed by atoms with Crippen LogP contribution in [0.25, 0.3) is 11.3 Å². The van der Waals surface area contributed by atoms with E-state index in [4.69, 9.17) is 0 Å². The summed E-state index contributed by atoms with van der Waals surface area (Å²) in [5.74, 6) is 0. The minimum atomic E-state index is -0.180. The van der Waals surface area contributed by atoms with Crippen LogP contribution in [0.5, 0.6) is 0 Å².